The third-order valence-electron chi connectivity index (χ3n) is 2.70. The van der Waals surface area contributed by atoms with Gasteiger partial charge in [0.05, 0.1) is 4.83 Å². The van der Waals surface area contributed by atoms with Crippen LogP contribution in [0, 0.1) is 0 Å². The Labute approximate surface area is 94.6 Å². The monoisotopic (exact) mass is 262 g/mol. The summed E-state index contributed by atoms with van der Waals surface area (Å²) in [5.41, 5.74) is 0. The fraction of sp³-hybridized carbons (Fsp3) is 0.900. The van der Waals surface area contributed by atoms with Crippen LogP contribution in [0.25, 0.3) is 0 Å². The first-order chi connectivity index (χ1) is 6.52. The number of carbonyl (C=O) groups is 1. The minimum Gasteiger partial charge on any atom is -0.339 e. The van der Waals surface area contributed by atoms with Crippen LogP contribution in [0.5, 0.6) is 0 Å². The molecule has 0 N–H and O–H groups in total. The minimum absolute atomic E-state index is 0.0595. The lowest BCUT2D eigenvalue weighted by atomic mass is 10.2. The summed E-state index contributed by atoms with van der Waals surface area (Å²) in [6.45, 7) is 4.08. The Morgan fingerprint density at radius 1 is 1.64 bits per heavy atom. The van der Waals surface area contributed by atoms with E-state index in [0.29, 0.717) is 6.04 Å². The maximum atomic E-state index is 11.7. The minimum atomic E-state index is 0.0595. The Bertz CT molecular complexity index is 208. The molecule has 82 valence electrons. The Balaban J connectivity index is 2.37. The van der Waals surface area contributed by atoms with Crippen molar-refractivity contribution in [3.8, 4) is 0 Å². The van der Waals surface area contributed by atoms with Gasteiger partial charge in [-0.1, -0.05) is 15.9 Å². The van der Waals surface area contributed by atoms with E-state index in [9.17, 15) is 4.79 Å². The van der Waals surface area contributed by atoms with Crippen molar-refractivity contribution in [2.45, 2.75) is 30.6 Å². The summed E-state index contributed by atoms with van der Waals surface area (Å²) in [6, 6.07) is 0.368. The molecule has 4 heteroatoms. The molecule has 3 nitrogen and oxygen atoms in total. The zero-order valence-electron chi connectivity index (χ0n) is 9.16. The lowest BCUT2D eigenvalue weighted by Gasteiger charge is -2.25. The van der Waals surface area contributed by atoms with Crippen LogP contribution in [0.1, 0.15) is 19.8 Å². The average molecular weight is 263 g/mol. The van der Waals surface area contributed by atoms with E-state index in [1.807, 2.05) is 4.90 Å². The molecule has 1 amide bonds. The Hall–Kier alpha value is -0.0900. The zero-order valence-corrected chi connectivity index (χ0v) is 10.7. The van der Waals surface area contributed by atoms with Gasteiger partial charge in [0.1, 0.15) is 0 Å². The van der Waals surface area contributed by atoms with Crippen molar-refractivity contribution in [1.82, 2.24) is 9.80 Å². The number of alkyl halides is 1. The number of hydrogen-bond acceptors (Lipinski definition) is 2. The van der Waals surface area contributed by atoms with Crippen molar-refractivity contribution in [3.63, 3.8) is 0 Å². The summed E-state index contributed by atoms with van der Waals surface area (Å²) in [7, 11) is 4.12. The van der Waals surface area contributed by atoms with Gasteiger partial charge in [-0.3, -0.25) is 4.79 Å². The second-order valence-electron chi connectivity index (χ2n) is 4.23. The number of halogens is 1. The van der Waals surface area contributed by atoms with E-state index in [-0.39, 0.29) is 10.7 Å². The van der Waals surface area contributed by atoms with Crippen LogP contribution in [0.4, 0.5) is 0 Å². The number of rotatable bonds is 4. The molecule has 0 aromatic rings. The van der Waals surface area contributed by atoms with Crippen LogP contribution < -0.4 is 0 Å². The average Bonchev–Trinajstić information content (AvgIpc) is 2.44. The molecule has 1 fully saturated rings. The van der Waals surface area contributed by atoms with Crippen molar-refractivity contribution >= 4 is 21.8 Å². The lowest BCUT2D eigenvalue weighted by Crippen LogP contribution is -2.37. The first kappa shape index (κ1) is 12.0. The van der Waals surface area contributed by atoms with Crippen LogP contribution in [-0.2, 0) is 4.79 Å². The second-order valence-corrected chi connectivity index (χ2v) is 5.33. The molecule has 14 heavy (non-hydrogen) atoms. The van der Waals surface area contributed by atoms with E-state index in [2.05, 4.69) is 41.8 Å². The largest absolute Gasteiger partial charge is 0.339 e. The highest BCUT2D eigenvalue weighted by Gasteiger charge is 2.32. The summed E-state index contributed by atoms with van der Waals surface area (Å²) in [5.74, 6) is 0.260. The molecule has 0 radical (unpaired) electrons. The Kier molecular flexibility index (Phi) is 4.38. The molecule has 0 saturated carbocycles. The highest BCUT2D eigenvalue weighted by Crippen LogP contribution is 2.21. The van der Waals surface area contributed by atoms with Crippen molar-refractivity contribution in [3.05, 3.63) is 0 Å². The van der Waals surface area contributed by atoms with Gasteiger partial charge in [0.25, 0.3) is 0 Å². The first-order valence-corrected chi connectivity index (χ1v) is 6.03. The van der Waals surface area contributed by atoms with E-state index in [0.717, 1.165) is 25.9 Å². The smallest absolute Gasteiger partial charge is 0.236 e. The predicted molar refractivity (Wildman–Crippen MR) is 61.7 cm³/mol. The Morgan fingerprint density at radius 2 is 2.29 bits per heavy atom. The number of likely N-dealkylation sites (tertiary alicyclic amines) is 1. The van der Waals surface area contributed by atoms with Gasteiger partial charge in [0, 0.05) is 12.6 Å². The van der Waals surface area contributed by atoms with E-state index in [1.54, 1.807) is 0 Å². The van der Waals surface area contributed by atoms with Gasteiger partial charge in [-0.15, -0.1) is 0 Å². The summed E-state index contributed by atoms with van der Waals surface area (Å²) in [4.78, 5) is 15.9. The third-order valence-corrected chi connectivity index (χ3v) is 3.55. The third kappa shape index (κ3) is 2.95. The molecular formula is C10H19BrN2O. The fourth-order valence-corrected chi connectivity index (χ4v) is 2.17. The molecular weight excluding hydrogens is 244 g/mol. The van der Waals surface area contributed by atoms with Gasteiger partial charge in [-0.2, -0.15) is 0 Å². The van der Waals surface area contributed by atoms with Crippen molar-refractivity contribution in [1.29, 1.82) is 0 Å². The summed E-state index contributed by atoms with van der Waals surface area (Å²) >= 11 is 3.39. The molecule has 0 aromatic heterocycles. The summed E-state index contributed by atoms with van der Waals surface area (Å²) in [6.07, 6.45) is 2.00. The zero-order chi connectivity index (χ0) is 10.7. The first-order valence-electron chi connectivity index (χ1n) is 5.11. The quantitative estimate of drug-likeness (QED) is 0.714. The molecule has 1 heterocycles. The van der Waals surface area contributed by atoms with E-state index < -0.39 is 0 Å². The van der Waals surface area contributed by atoms with Gasteiger partial charge >= 0.3 is 0 Å². The highest BCUT2D eigenvalue weighted by molar-refractivity contribution is 9.10. The molecule has 0 spiro atoms. The molecule has 1 saturated heterocycles. The molecule has 1 aliphatic heterocycles. The fourth-order valence-electron chi connectivity index (χ4n) is 1.70. The number of hydrogen-bond donors (Lipinski definition) is 0. The molecule has 2 atom stereocenters. The second kappa shape index (κ2) is 5.12. The van der Waals surface area contributed by atoms with E-state index in [1.165, 1.54) is 0 Å². The molecule has 0 aliphatic carbocycles. The van der Waals surface area contributed by atoms with Gasteiger partial charge in [-0.05, 0) is 40.4 Å². The van der Waals surface area contributed by atoms with Crippen LogP contribution >= 0.6 is 15.9 Å². The van der Waals surface area contributed by atoms with Crippen molar-refractivity contribution in [2.24, 2.45) is 0 Å². The van der Waals surface area contributed by atoms with Gasteiger partial charge in [-0.25, -0.2) is 0 Å². The van der Waals surface area contributed by atoms with Crippen molar-refractivity contribution < 1.29 is 4.79 Å². The number of carbonyl (C=O) groups excluding carboxylic acids is 1. The maximum absolute atomic E-state index is 11.7. The predicted octanol–water partition coefficient (Wildman–Crippen LogP) is 1.32. The van der Waals surface area contributed by atoms with Crippen LogP contribution in [0.3, 0.4) is 0 Å². The summed E-state index contributed by atoms with van der Waals surface area (Å²) < 4.78 is 0. The molecule has 0 bridgehead atoms. The molecule has 1 aliphatic rings. The normalized spacial score (nSPS) is 24.8. The van der Waals surface area contributed by atoms with Gasteiger partial charge in [0.2, 0.25) is 5.91 Å². The SMILES string of the molecule is CC(CCN(C)C)N1CCC(Br)C1=O. The highest BCUT2D eigenvalue weighted by atomic mass is 79.9. The maximum Gasteiger partial charge on any atom is 0.236 e. The lowest BCUT2D eigenvalue weighted by molar-refractivity contribution is -0.129. The molecule has 0 aromatic carbocycles. The summed E-state index contributed by atoms with van der Waals surface area (Å²) in [5, 5.41) is 0. The van der Waals surface area contributed by atoms with Crippen molar-refractivity contribution in [2.75, 3.05) is 27.2 Å². The Morgan fingerprint density at radius 3 is 2.71 bits per heavy atom. The number of amides is 1. The van der Waals surface area contributed by atoms with Crippen LogP contribution in [0.15, 0.2) is 0 Å². The molecule has 1 rings (SSSR count). The molecule has 2 unspecified atom stereocenters. The van der Waals surface area contributed by atoms with Gasteiger partial charge < -0.3 is 9.80 Å². The van der Waals surface area contributed by atoms with Gasteiger partial charge in [0.15, 0.2) is 0 Å². The van der Waals surface area contributed by atoms with E-state index in [4.69, 9.17) is 0 Å². The van der Waals surface area contributed by atoms with Crippen LogP contribution in [0.2, 0.25) is 0 Å². The van der Waals surface area contributed by atoms with Crippen LogP contribution in [-0.4, -0.2) is 53.8 Å². The standard InChI is InChI=1S/C10H19BrN2O/c1-8(4-6-12(2)3)13-7-5-9(11)10(13)14/h8-9H,4-7H2,1-3H3. The van der Waals surface area contributed by atoms with E-state index >= 15 is 0 Å². The topological polar surface area (TPSA) is 23.6 Å². The number of nitrogens with zero attached hydrogens (tertiary/aromatic N) is 2.